The molecule has 0 aliphatic rings. The maximum Gasteiger partial charge on any atom is 0.142 e. The monoisotopic (exact) mass is 279 g/mol. The highest BCUT2D eigenvalue weighted by Crippen LogP contribution is 2.17. The standard InChI is InChI=1S/C15H15ClFNO/c16-14-4-2-12(10-15(14)17)9-13(19)3-1-11-5-7-18-8-6-11/h2,4-8,10,13,19H,1,3,9H2. The topological polar surface area (TPSA) is 33.1 Å². The lowest BCUT2D eigenvalue weighted by atomic mass is 10.0. The maximum absolute atomic E-state index is 13.3. The second kappa shape index (κ2) is 6.64. The zero-order chi connectivity index (χ0) is 13.7. The number of aliphatic hydroxyl groups is 1. The van der Waals surface area contributed by atoms with Crippen molar-refractivity contribution in [3.63, 3.8) is 0 Å². The number of rotatable bonds is 5. The van der Waals surface area contributed by atoms with Crippen molar-refractivity contribution in [3.05, 3.63) is 64.7 Å². The van der Waals surface area contributed by atoms with Gasteiger partial charge >= 0.3 is 0 Å². The summed E-state index contributed by atoms with van der Waals surface area (Å²) < 4.78 is 13.3. The third kappa shape index (κ3) is 4.30. The van der Waals surface area contributed by atoms with Gasteiger partial charge in [-0.1, -0.05) is 17.7 Å². The van der Waals surface area contributed by atoms with Crippen LogP contribution in [0.5, 0.6) is 0 Å². The van der Waals surface area contributed by atoms with Gasteiger partial charge in [-0.05, 0) is 54.7 Å². The van der Waals surface area contributed by atoms with Crippen LogP contribution in [0.25, 0.3) is 0 Å². The van der Waals surface area contributed by atoms with Gasteiger partial charge in [-0.15, -0.1) is 0 Å². The molecule has 1 N–H and O–H groups in total. The SMILES string of the molecule is OC(CCc1ccncc1)Cc1ccc(Cl)c(F)c1. The predicted octanol–water partition coefficient (Wildman–Crippen LogP) is 3.41. The summed E-state index contributed by atoms with van der Waals surface area (Å²) in [5, 5.41) is 10.1. The van der Waals surface area contributed by atoms with Crippen LogP contribution in [-0.2, 0) is 12.8 Å². The molecule has 2 aromatic rings. The molecule has 1 aromatic heterocycles. The second-order valence-electron chi connectivity index (χ2n) is 4.50. The Morgan fingerprint density at radius 1 is 1.16 bits per heavy atom. The minimum absolute atomic E-state index is 0.107. The summed E-state index contributed by atoms with van der Waals surface area (Å²) in [5.74, 6) is -0.444. The summed E-state index contributed by atoms with van der Waals surface area (Å²) in [5.41, 5.74) is 1.89. The van der Waals surface area contributed by atoms with Crippen molar-refractivity contribution in [2.45, 2.75) is 25.4 Å². The molecule has 1 aromatic carbocycles. The molecule has 0 spiro atoms. The number of aryl methyl sites for hydroxylation is 1. The number of benzene rings is 1. The van der Waals surface area contributed by atoms with Gasteiger partial charge in [0.2, 0.25) is 0 Å². The van der Waals surface area contributed by atoms with Gasteiger partial charge in [0.25, 0.3) is 0 Å². The molecule has 0 aliphatic heterocycles. The molecular formula is C15H15ClFNO. The Morgan fingerprint density at radius 3 is 2.58 bits per heavy atom. The maximum atomic E-state index is 13.3. The first kappa shape index (κ1) is 14.0. The molecule has 2 nitrogen and oxygen atoms in total. The van der Waals surface area contributed by atoms with Crippen LogP contribution in [-0.4, -0.2) is 16.2 Å². The highest BCUT2D eigenvalue weighted by molar-refractivity contribution is 6.30. The van der Waals surface area contributed by atoms with Gasteiger partial charge in [-0.3, -0.25) is 4.98 Å². The fourth-order valence-electron chi connectivity index (χ4n) is 1.92. The van der Waals surface area contributed by atoms with Crippen LogP contribution >= 0.6 is 11.6 Å². The molecule has 1 atom stereocenters. The van der Waals surface area contributed by atoms with E-state index in [1.165, 1.54) is 12.1 Å². The Morgan fingerprint density at radius 2 is 1.89 bits per heavy atom. The minimum atomic E-state index is -0.492. The number of hydrogen-bond donors (Lipinski definition) is 1. The van der Waals surface area contributed by atoms with E-state index in [4.69, 9.17) is 11.6 Å². The van der Waals surface area contributed by atoms with Gasteiger partial charge in [0.05, 0.1) is 11.1 Å². The summed E-state index contributed by atoms with van der Waals surface area (Å²) in [6.07, 6.45) is 4.81. The van der Waals surface area contributed by atoms with Gasteiger partial charge < -0.3 is 5.11 Å². The first-order chi connectivity index (χ1) is 9.15. The summed E-state index contributed by atoms with van der Waals surface area (Å²) in [6.45, 7) is 0. The fraction of sp³-hybridized carbons (Fsp3) is 0.267. The van der Waals surface area contributed by atoms with E-state index in [1.807, 2.05) is 12.1 Å². The quantitative estimate of drug-likeness (QED) is 0.910. The first-order valence-corrected chi connectivity index (χ1v) is 6.54. The van der Waals surface area contributed by atoms with E-state index in [0.29, 0.717) is 12.8 Å². The van der Waals surface area contributed by atoms with E-state index < -0.39 is 11.9 Å². The summed E-state index contributed by atoms with van der Waals surface area (Å²) in [6, 6.07) is 8.48. The van der Waals surface area contributed by atoms with E-state index in [1.54, 1.807) is 18.5 Å². The van der Waals surface area contributed by atoms with Crippen LogP contribution in [0.1, 0.15) is 17.5 Å². The summed E-state index contributed by atoms with van der Waals surface area (Å²) in [7, 11) is 0. The summed E-state index contributed by atoms with van der Waals surface area (Å²) in [4.78, 5) is 3.94. The van der Waals surface area contributed by atoms with Crippen LogP contribution < -0.4 is 0 Å². The molecule has 1 unspecified atom stereocenters. The fourth-order valence-corrected chi connectivity index (χ4v) is 2.04. The molecule has 0 bridgehead atoms. The molecule has 2 rings (SSSR count). The molecule has 0 radical (unpaired) electrons. The number of pyridine rings is 1. The van der Waals surface area contributed by atoms with Crippen molar-refractivity contribution < 1.29 is 9.50 Å². The smallest absolute Gasteiger partial charge is 0.142 e. The van der Waals surface area contributed by atoms with E-state index in [9.17, 15) is 9.50 Å². The first-order valence-electron chi connectivity index (χ1n) is 6.16. The van der Waals surface area contributed by atoms with Crippen LogP contribution in [0.2, 0.25) is 5.02 Å². The molecule has 0 saturated heterocycles. The van der Waals surface area contributed by atoms with Crippen LogP contribution in [0.3, 0.4) is 0 Å². The van der Waals surface area contributed by atoms with E-state index in [-0.39, 0.29) is 5.02 Å². The average Bonchev–Trinajstić information content (AvgIpc) is 2.42. The Kier molecular flexibility index (Phi) is 4.88. The van der Waals surface area contributed by atoms with Crippen molar-refractivity contribution in [1.82, 2.24) is 4.98 Å². The predicted molar refractivity (Wildman–Crippen MR) is 73.7 cm³/mol. The van der Waals surface area contributed by atoms with Crippen molar-refractivity contribution in [3.8, 4) is 0 Å². The molecule has 100 valence electrons. The van der Waals surface area contributed by atoms with Crippen LogP contribution in [0, 0.1) is 5.82 Å². The Hall–Kier alpha value is -1.45. The molecule has 4 heteroatoms. The number of aliphatic hydroxyl groups excluding tert-OH is 1. The van der Waals surface area contributed by atoms with E-state index in [2.05, 4.69) is 4.98 Å². The highest BCUT2D eigenvalue weighted by Gasteiger charge is 2.08. The number of nitrogens with zero attached hydrogens (tertiary/aromatic N) is 1. The number of aromatic nitrogens is 1. The van der Waals surface area contributed by atoms with Gasteiger partial charge in [0, 0.05) is 12.4 Å². The van der Waals surface area contributed by atoms with Crippen LogP contribution in [0.15, 0.2) is 42.7 Å². The molecule has 0 aliphatic carbocycles. The van der Waals surface area contributed by atoms with Gasteiger partial charge in [0.15, 0.2) is 0 Å². The lowest BCUT2D eigenvalue weighted by molar-refractivity contribution is 0.165. The largest absolute Gasteiger partial charge is 0.393 e. The third-order valence-corrected chi connectivity index (χ3v) is 3.28. The highest BCUT2D eigenvalue weighted by atomic mass is 35.5. The molecule has 0 amide bonds. The van der Waals surface area contributed by atoms with Gasteiger partial charge in [-0.2, -0.15) is 0 Å². The lowest BCUT2D eigenvalue weighted by Crippen LogP contribution is -2.11. The Bertz CT molecular complexity index is 533. The zero-order valence-electron chi connectivity index (χ0n) is 10.4. The molecule has 19 heavy (non-hydrogen) atoms. The molecule has 0 saturated carbocycles. The van der Waals surface area contributed by atoms with Crippen molar-refractivity contribution in [2.75, 3.05) is 0 Å². The van der Waals surface area contributed by atoms with Crippen molar-refractivity contribution >= 4 is 11.6 Å². The van der Waals surface area contributed by atoms with Crippen LogP contribution in [0.4, 0.5) is 4.39 Å². The average molecular weight is 280 g/mol. The van der Waals surface area contributed by atoms with Crippen molar-refractivity contribution in [2.24, 2.45) is 0 Å². The van der Waals surface area contributed by atoms with Gasteiger partial charge in [0.1, 0.15) is 5.82 Å². The Balaban J connectivity index is 1.87. The molecular weight excluding hydrogens is 265 g/mol. The number of hydrogen-bond acceptors (Lipinski definition) is 2. The second-order valence-corrected chi connectivity index (χ2v) is 4.91. The number of halogens is 2. The van der Waals surface area contributed by atoms with E-state index >= 15 is 0 Å². The molecule has 0 fully saturated rings. The normalized spacial score (nSPS) is 12.4. The van der Waals surface area contributed by atoms with Crippen molar-refractivity contribution in [1.29, 1.82) is 0 Å². The lowest BCUT2D eigenvalue weighted by Gasteiger charge is -2.11. The minimum Gasteiger partial charge on any atom is -0.393 e. The third-order valence-electron chi connectivity index (χ3n) is 2.97. The molecule has 1 heterocycles. The summed E-state index contributed by atoms with van der Waals surface area (Å²) >= 11 is 5.61. The zero-order valence-corrected chi connectivity index (χ0v) is 11.1. The van der Waals surface area contributed by atoms with E-state index in [0.717, 1.165) is 17.5 Å². The van der Waals surface area contributed by atoms with Gasteiger partial charge in [-0.25, -0.2) is 4.39 Å². The Labute approximate surface area is 116 Å².